The largest absolute Gasteiger partial charge is 0.449 e. The van der Waals surface area contributed by atoms with E-state index in [1.807, 2.05) is 0 Å². The standard InChI is InChI=1S/C13H9F11O2/c1-2-6(25)26-8-3-7(15,5-14)11(19,20)10(18,12(8,21)22)13(23,24)9(16,17)4-8/h2H,1,3-5H2. The summed E-state index contributed by atoms with van der Waals surface area (Å²) < 4.78 is 157. The quantitative estimate of drug-likeness (QED) is 0.399. The molecule has 2 saturated carbocycles. The van der Waals surface area contributed by atoms with Crippen molar-refractivity contribution in [3.8, 4) is 0 Å². The molecule has 0 aromatic heterocycles. The van der Waals surface area contributed by atoms with Crippen molar-refractivity contribution >= 4 is 5.97 Å². The summed E-state index contributed by atoms with van der Waals surface area (Å²) in [6.45, 7) is -0.310. The Balaban J connectivity index is 2.91. The Kier molecular flexibility index (Phi) is 4.01. The molecule has 2 bridgehead atoms. The molecule has 3 unspecified atom stereocenters. The van der Waals surface area contributed by atoms with E-state index in [9.17, 15) is 53.1 Å². The van der Waals surface area contributed by atoms with Gasteiger partial charge in [0.15, 0.2) is 5.60 Å². The van der Waals surface area contributed by atoms with Crippen LogP contribution in [0.1, 0.15) is 12.8 Å². The molecule has 2 nitrogen and oxygen atoms in total. The fourth-order valence-electron chi connectivity index (χ4n) is 3.29. The van der Waals surface area contributed by atoms with Crippen LogP contribution in [0.3, 0.4) is 0 Å². The van der Waals surface area contributed by atoms with Crippen molar-refractivity contribution in [2.24, 2.45) is 0 Å². The highest BCUT2D eigenvalue weighted by Gasteiger charge is 3.01. The number of fused-ring (bicyclic) bond motifs is 2. The zero-order valence-corrected chi connectivity index (χ0v) is 12.4. The van der Waals surface area contributed by atoms with Crippen LogP contribution in [0.5, 0.6) is 0 Å². The minimum absolute atomic E-state index is 0.0394. The molecular weight excluding hydrogens is 397 g/mol. The van der Waals surface area contributed by atoms with Crippen molar-refractivity contribution in [3.05, 3.63) is 12.7 Å². The molecular formula is C13H9F11O2. The predicted molar refractivity (Wildman–Crippen MR) is 61.7 cm³/mol. The van der Waals surface area contributed by atoms with Gasteiger partial charge in [0.1, 0.15) is 6.67 Å². The van der Waals surface area contributed by atoms with E-state index < -0.39 is 66.1 Å². The topological polar surface area (TPSA) is 26.3 Å². The molecule has 13 heteroatoms. The van der Waals surface area contributed by atoms with Crippen LogP contribution in [-0.2, 0) is 9.53 Å². The van der Waals surface area contributed by atoms with Crippen LogP contribution in [0.4, 0.5) is 48.3 Å². The van der Waals surface area contributed by atoms with Crippen molar-refractivity contribution in [2.75, 3.05) is 6.67 Å². The molecule has 0 N–H and O–H groups in total. The Morgan fingerprint density at radius 2 is 1.38 bits per heavy atom. The van der Waals surface area contributed by atoms with Crippen LogP contribution in [0.15, 0.2) is 12.7 Å². The molecule has 2 fully saturated rings. The van der Waals surface area contributed by atoms with E-state index in [2.05, 4.69) is 11.3 Å². The van der Waals surface area contributed by atoms with Crippen molar-refractivity contribution in [3.63, 3.8) is 0 Å². The highest BCUT2D eigenvalue weighted by molar-refractivity contribution is 5.81. The van der Waals surface area contributed by atoms with Gasteiger partial charge in [-0.2, -0.15) is 35.1 Å². The molecule has 3 atom stereocenters. The summed E-state index contributed by atoms with van der Waals surface area (Å²) in [5.74, 6) is -27.6. The molecule has 0 spiro atoms. The number of carbonyl (C=O) groups excluding carboxylic acids is 1. The molecule has 26 heavy (non-hydrogen) atoms. The Morgan fingerprint density at radius 1 is 0.885 bits per heavy atom. The highest BCUT2D eigenvalue weighted by atomic mass is 19.3. The van der Waals surface area contributed by atoms with E-state index in [-0.39, 0.29) is 6.08 Å². The van der Waals surface area contributed by atoms with E-state index in [1.165, 1.54) is 0 Å². The first-order valence-electron chi connectivity index (χ1n) is 6.73. The van der Waals surface area contributed by atoms with E-state index in [4.69, 9.17) is 0 Å². The van der Waals surface area contributed by atoms with Gasteiger partial charge in [-0.3, -0.25) is 0 Å². The third kappa shape index (κ3) is 1.86. The summed E-state index contributed by atoms with van der Waals surface area (Å²) in [7, 11) is 0. The summed E-state index contributed by atoms with van der Waals surface area (Å²) in [6, 6.07) is 0. The number of halogens is 11. The number of ether oxygens (including phenoxy) is 1. The van der Waals surface area contributed by atoms with Crippen LogP contribution >= 0.6 is 0 Å². The van der Waals surface area contributed by atoms with Gasteiger partial charge < -0.3 is 4.74 Å². The van der Waals surface area contributed by atoms with Gasteiger partial charge in [0.05, 0.1) is 6.42 Å². The molecule has 0 aliphatic heterocycles. The average molecular weight is 406 g/mol. The molecule has 0 amide bonds. The first kappa shape index (κ1) is 20.7. The number of rotatable bonds is 3. The van der Waals surface area contributed by atoms with Gasteiger partial charge in [-0.15, -0.1) is 0 Å². The summed E-state index contributed by atoms with van der Waals surface area (Å²) in [4.78, 5) is 11.2. The van der Waals surface area contributed by atoms with E-state index in [1.54, 1.807) is 0 Å². The third-order valence-corrected chi connectivity index (χ3v) is 4.64. The molecule has 0 radical (unpaired) electrons. The van der Waals surface area contributed by atoms with Gasteiger partial charge >= 0.3 is 35.3 Å². The lowest BCUT2D eigenvalue weighted by molar-refractivity contribution is -0.475. The van der Waals surface area contributed by atoms with E-state index in [0.29, 0.717) is 0 Å². The Labute approximate surface area is 138 Å². The van der Waals surface area contributed by atoms with E-state index >= 15 is 0 Å². The first-order valence-corrected chi connectivity index (χ1v) is 6.73. The number of alkyl halides is 11. The average Bonchev–Trinajstić information content (AvgIpc) is 2.50. The predicted octanol–water partition coefficient (Wildman–Crippen LogP) is 4.19. The van der Waals surface area contributed by atoms with Crippen LogP contribution in [0.2, 0.25) is 0 Å². The Hall–Kier alpha value is -1.56. The molecule has 2 rings (SSSR count). The summed E-state index contributed by atoms with van der Waals surface area (Å²) in [6.07, 6.45) is -5.57. The molecule has 2 aliphatic rings. The lowest BCUT2D eigenvalue weighted by Gasteiger charge is -2.62. The fourth-order valence-corrected chi connectivity index (χ4v) is 3.29. The van der Waals surface area contributed by atoms with Gasteiger partial charge in [-0.25, -0.2) is 18.0 Å². The highest BCUT2D eigenvalue weighted by Crippen LogP contribution is 2.74. The monoisotopic (exact) mass is 406 g/mol. The maximum atomic E-state index is 14.6. The van der Waals surface area contributed by atoms with Crippen LogP contribution < -0.4 is 0 Å². The molecule has 0 saturated heterocycles. The van der Waals surface area contributed by atoms with Crippen LogP contribution in [0.25, 0.3) is 0 Å². The van der Waals surface area contributed by atoms with Gasteiger partial charge in [-0.1, -0.05) is 6.58 Å². The lowest BCUT2D eigenvalue weighted by Crippen LogP contribution is -2.89. The zero-order chi connectivity index (χ0) is 20.6. The summed E-state index contributed by atoms with van der Waals surface area (Å²) in [5, 5.41) is 0. The maximum absolute atomic E-state index is 14.6. The van der Waals surface area contributed by atoms with Gasteiger partial charge in [0.2, 0.25) is 5.67 Å². The van der Waals surface area contributed by atoms with E-state index in [0.717, 1.165) is 0 Å². The molecule has 150 valence electrons. The van der Waals surface area contributed by atoms with Crippen molar-refractivity contribution in [2.45, 2.75) is 53.5 Å². The molecule has 0 heterocycles. The van der Waals surface area contributed by atoms with Gasteiger partial charge in [0.25, 0.3) is 0 Å². The number of carbonyl (C=O) groups is 1. The zero-order valence-electron chi connectivity index (χ0n) is 12.4. The maximum Gasteiger partial charge on any atom is 0.355 e. The van der Waals surface area contributed by atoms with Crippen molar-refractivity contribution in [1.29, 1.82) is 0 Å². The minimum atomic E-state index is -6.89. The third-order valence-electron chi connectivity index (χ3n) is 4.64. The minimum Gasteiger partial charge on any atom is -0.449 e. The molecule has 2 aliphatic carbocycles. The number of esters is 1. The summed E-state index contributed by atoms with van der Waals surface area (Å²) >= 11 is 0. The number of hydrogen-bond donors (Lipinski definition) is 0. The van der Waals surface area contributed by atoms with Crippen LogP contribution in [0, 0.1) is 0 Å². The Morgan fingerprint density at radius 3 is 1.81 bits per heavy atom. The molecule has 0 aromatic rings. The van der Waals surface area contributed by atoms with Gasteiger partial charge in [0, 0.05) is 12.5 Å². The smallest absolute Gasteiger partial charge is 0.355 e. The normalized spacial score (nSPS) is 42.0. The molecule has 0 aromatic carbocycles. The second kappa shape index (κ2) is 5.03. The van der Waals surface area contributed by atoms with Crippen molar-refractivity contribution in [1.82, 2.24) is 0 Å². The lowest BCUT2D eigenvalue weighted by atomic mass is 9.55. The first-order chi connectivity index (χ1) is 11.4. The van der Waals surface area contributed by atoms with Crippen LogP contribution in [-0.4, -0.2) is 53.3 Å². The van der Waals surface area contributed by atoms with Gasteiger partial charge in [-0.05, 0) is 0 Å². The number of hydrogen-bond acceptors (Lipinski definition) is 2. The SMILES string of the molecule is C=CC(=O)OC12CC(F)(F)C(F)(F)C(F)(C(F)(F)C(F)(CF)C1)C2(F)F. The van der Waals surface area contributed by atoms with Crippen molar-refractivity contribution < 1.29 is 57.8 Å². The Bertz CT molecular complexity index is 648. The second-order valence-electron chi connectivity index (χ2n) is 6.16. The summed E-state index contributed by atoms with van der Waals surface area (Å²) in [5.41, 5.74) is -16.5. The fraction of sp³-hybridized carbons (Fsp3) is 0.769. The second-order valence-corrected chi connectivity index (χ2v) is 6.16.